The molecule has 2 heterocycles. The summed E-state index contributed by atoms with van der Waals surface area (Å²) in [5.41, 5.74) is 3.21. The van der Waals surface area contributed by atoms with Crippen molar-refractivity contribution in [2.45, 2.75) is 20.0 Å². The number of rotatable bonds is 2. The molecule has 0 aliphatic carbocycles. The topological polar surface area (TPSA) is 26.3 Å². The highest BCUT2D eigenvalue weighted by atomic mass is 31.2. The first-order chi connectivity index (χ1) is 10.5. The van der Waals surface area contributed by atoms with Gasteiger partial charge in [0.25, 0.3) is 0 Å². The molecule has 0 N–H and O–H groups in total. The third-order valence-corrected chi connectivity index (χ3v) is 7.99. The minimum Gasteiger partial charge on any atom is -0.316 e. The van der Waals surface area contributed by atoms with Gasteiger partial charge in [-0.3, -0.25) is 4.57 Å². The quantitative estimate of drug-likeness (QED) is 0.686. The average Bonchev–Trinajstić information content (AvgIpc) is 2.92. The smallest absolute Gasteiger partial charge is 0.234 e. The molecule has 4 rings (SSSR count). The molecule has 2 aliphatic rings. The van der Waals surface area contributed by atoms with Crippen LogP contribution < -0.4 is 0 Å². The number of fused-ring (bicyclic) bond motifs is 2. The molecule has 3 heteroatoms. The summed E-state index contributed by atoms with van der Waals surface area (Å²) in [6.07, 6.45) is 0.516. The van der Waals surface area contributed by atoms with Gasteiger partial charge in [-0.1, -0.05) is 73.2 Å². The molecule has 2 aromatic rings. The Morgan fingerprint density at radius 2 is 1.64 bits per heavy atom. The number of hydrogen-bond donors (Lipinski definition) is 0. The fourth-order valence-corrected chi connectivity index (χ4v) is 7.49. The number of hydrogen-bond acceptors (Lipinski definition) is 2. The van der Waals surface area contributed by atoms with Crippen LogP contribution in [-0.2, 0) is 9.09 Å². The number of benzene rings is 2. The summed E-state index contributed by atoms with van der Waals surface area (Å²) in [7, 11) is -2.77. The summed E-state index contributed by atoms with van der Waals surface area (Å²) in [5, 5.41) is 0.947. The van der Waals surface area contributed by atoms with E-state index in [4.69, 9.17) is 4.52 Å². The van der Waals surface area contributed by atoms with E-state index in [1.54, 1.807) is 0 Å². The zero-order valence-electron chi connectivity index (χ0n) is 12.8. The maximum atomic E-state index is 13.5. The molecule has 3 atom stereocenters. The van der Waals surface area contributed by atoms with Gasteiger partial charge in [0, 0.05) is 16.9 Å². The van der Waals surface area contributed by atoms with Gasteiger partial charge in [-0.25, -0.2) is 0 Å². The predicted octanol–water partition coefficient (Wildman–Crippen LogP) is 5.49. The van der Waals surface area contributed by atoms with Crippen LogP contribution in [0.1, 0.15) is 31.1 Å². The molecular weight excluding hydrogens is 291 g/mol. The van der Waals surface area contributed by atoms with Gasteiger partial charge in [-0.15, -0.1) is 0 Å². The fourth-order valence-electron chi connectivity index (χ4n) is 3.88. The van der Waals surface area contributed by atoms with E-state index >= 15 is 0 Å². The van der Waals surface area contributed by atoms with E-state index in [9.17, 15) is 4.57 Å². The summed E-state index contributed by atoms with van der Waals surface area (Å²) in [6, 6.07) is 20.2. The van der Waals surface area contributed by atoms with Gasteiger partial charge in [0.15, 0.2) is 0 Å². The molecule has 0 amide bonds. The third-order valence-electron chi connectivity index (χ3n) is 5.09. The average molecular weight is 310 g/mol. The Morgan fingerprint density at radius 3 is 2.23 bits per heavy atom. The highest BCUT2D eigenvalue weighted by Crippen LogP contribution is 2.80. The van der Waals surface area contributed by atoms with Crippen molar-refractivity contribution in [3.05, 3.63) is 77.4 Å². The lowest BCUT2D eigenvalue weighted by Gasteiger charge is -2.33. The molecule has 1 fully saturated rings. The predicted molar refractivity (Wildman–Crippen MR) is 89.9 cm³/mol. The molecule has 0 aromatic heterocycles. The Balaban J connectivity index is 1.86. The van der Waals surface area contributed by atoms with Gasteiger partial charge in [0.2, 0.25) is 7.37 Å². The van der Waals surface area contributed by atoms with E-state index in [1.165, 1.54) is 5.57 Å². The SMILES string of the molecule is CC1=C(c2ccccc2)P2(=O)C[C@@]1(C)[C@@H](c1ccccc1)O2. The highest BCUT2D eigenvalue weighted by Gasteiger charge is 2.60. The molecule has 0 radical (unpaired) electrons. The summed E-state index contributed by atoms with van der Waals surface area (Å²) < 4.78 is 19.6. The molecule has 2 aliphatic heterocycles. The van der Waals surface area contributed by atoms with Crippen LogP contribution in [0.3, 0.4) is 0 Å². The first-order valence-electron chi connectivity index (χ1n) is 7.64. The minimum atomic E-state index is -2.77. The van der Waals surface area contributed by atoms with E-state index < -0.39 is 7.37 Å². The molecule has 2 bridgehead atoms. The summed E-state index contributed by atoms with van der Waals surface area (Å²) in [4.78, 5) is 0. The van der Waals surface area contributed by atoms with Crippen molar-refractivity contribution in [1.82, 2.24) is 0 Å². The second kappa shape index (κ2) is 4.68. The fraction of sp³-hybridized carbons (Fsp3) is 0.263. The van der Waals surface area contributed by atoms with Gasteiger partial charge in [-0.2, -0.15) is 0 Å². The molecule has 0 saturated carbocycles. The molecule has 112 valence electrons. The molecule has 1 unspecified atom stereocenters. The molecule has 1 saturated heterocycles. The Kier molecular flexibility index (Phi) is 2.98. The van der Waals surface area contributed by atoms with Gasteiger partial charge in [0.1, 0.15) is 0 Å². The maximum Gasteiger partial charge on any atom is 0.234 e. The Morgan fingerprint density at radius 1 is 1.05 bits per heavy atom. The summed E-state index contributed by atoms with van der Waals surface area (Å²) in [5.74, 6) is 0. The zero-order valence-corrected chi connectivity index (χ0v) is 13.7. The largest absolute Gasteiger partial charge is 0.316 e. The van der Waals surface area contributed by atoms with Crippen molar-refractivity contribution in [1.29, 1.82) is 0 Å². The summed E-state index contributed by atoms with van der Waals surface area (Å²) >= 11 is 0. The van der Waals surface area contributed by atoms with E-state index in [2.05, 4.69) is 26.0 Å². The van der Waals surface area contributed by atoms with Crippen LogP contribution >= 0.6 is 7.37 Å². The lowest BCUT2D eigenvalue weighted by molar-refractivity contribution is 0.143. The first kappa shape index (κ1) is 14.0. The second-order valence-corrected chi connectivity index (χ2v) is 8.81. The van der Waals surface area contributed by atoms with Crippen LogP contribution in [0, 0.1) is 5.41 Å². The van der Waals surface area contributed by atoms with Crippen LogP contribution in [0.4, 0.5) is 0 Å². The summed E-state index contributed by atoms with van der Waals surface area (Å²) in [6.45, 7) is 4.32. The van der Waals surface area contributed by atoms with Crippen molar-refractivity contribution >= 4 is 12.7 Å². The Hall–Kier alpha value is -1.63. The van der Waals surface area contributed by atoms with E-state index in [0.717, 1.165) is 16.4 Å². The first-order valence-corrected chi connectivity index (χ1v) is 9.45. The van der Waals surface area contributed by atoms with Crippen LogP contribution in [0.15, 0.2) is 66.2 Å². The van der Waals surface area contributed by atoms with Gasteiger partial charge >= 0.3 is 0 Å². The van der Waals surface area contributed by atoms with E-state index in [-0.39, 0.29) is 11.5 Å². The van der Waals surface area contributed by atoms with Crippen LogP contribution in [0.5, 0.6) is 0 Å². The van der Waals surface area contributed by atoms with Crippen molar-refractivity contribution in [2.75, 3.05) is 6.16 Å². The maximum absolute atomic E-state index is 13.5. The highest BCUT2D eigenvalue weighted by molar-refractivity contribution is 7.70. The van der Waals surface area contributed by atoms with Crippen molar-refractivity contribution in [3.8, 4) is 0 Å². The molecule has 2 aromatic carbocycles. The Labute approximate surface area is 131 Å². The molecular formula is C19H19O2P. The van der Waals surface area contributed by atoms with Crippen molar-refractivity contribution < 1.29 is 9.09 Å². The molecule has 22 heavy (non-hydrogen) atoms. The molecule has 0 spiro atoms. The van der Waals surface area contributed by atoms with Gasteiger partial charge in [0.05, 0.1) is 6.10 Å². The monoisotopic (exact) mass is 310 g/mol. The van der Waals surface area contributed by atoms with Crippen LogP contribution in [0.25, 0.3) is 5.31 Å². The zero-order chi connectivity index (χ0) is 15.4. The van der Waals surface area contributed by atoms with Crippen LogP contribution in [0.2, 0.25) is 0 Å². The lowest BCUT2D eigenvalue weighted by atomic mass is 9.76. The van der Waals surface area contributed by atoms with Crippen LogP contribution in [-0.4, -0.2) is 6.16 Å². The third kappa shape index (κ3) is 1.81. The van der Waals surface area contributed by atoms with Crippen molar-refractivity contribution in [3.63, 3.8) is 0 Å². The molecule has 2 nitrogen and oxygen atoms in total. The van der Waals surface area contributed by atoms with Gasteiger partial charge in [-0.05, 0) is 18.1 Å². The normalized spacial score (nSPS) is 33.5. The van der Waals surface area contributed by atoms with Crippen molar-refractivity contribution in [2.24, 2.45) is 5.41 Å². The van der Waals surface area contributed by atoms with E-state index in [1.807, 2.05) is 48.5 Å². The lowest BCUT2D eigenvalue weighted by Crippen LogP contribution is -2.24. The standard InChI is InChI=1S/C19H19O2P/c1-14-17(15-9-5-3-6-10-15)22(20)13-19(14,2)18(21-22)16-11-7-4-8-12-16/h3-12,18H,13H2,1-2H3/t18-,19-,22?/m1/s1. The minimum absolute atomic E-state index is 0.105. The van der Waals surface area contributed by atoms with Gasteiger partial charge < -0.3 is 4.52 Å². The Bertz CT molecular complexity index is 795. The second-order valence-electron chi connectivity index (χ2n) is 6.48. The van der Waals surface area contributed by atoms with E-state index in [0.29, 0.717) is 6.16 Å².